The summed E-state index contributed by atoms with van der Waals surface area (Å²) in [6.07, 6.45) is 6.78. The van der Waals surface area contributed by atoms with Gasteiger partial charge in [-0.1, -0.05) is 0 Å². The van der Waals surface area contributed by atoms with Crippen LogP contribution in [0, 0.1) is 0 Å². The van der Waals surface area contributed by atoms with Crippen LogP contribution >= 0.6 is 0 Å². The highest BCUT2D eigenvalue weighted by atomic mass is 16.5. The number of carbonyl (C=O) groups is 2. The molecule has 0 bridgehead atoms. The van der Waals surface area contributed by atoms with E-state index in [1.54, 1.807) is 29.6 Å². The van der Waals surface area contributed by atoms with Gasteiger partial charge in [-0.2, -0.15) is 0 Å². The lowest BCUT2D eigenvalue weighted by atomic mass is 10.3. The summed E-state index contributed by atoms with van der Waals surface area (Å²) in [6.45, 7) is 3.30. The summed E-state index contributed by atoms with van der Waals surface area (Å²) < 4.78 is 7.42. The van der Waals surface area contributed by atoms with Crippen LogP contribution in [0.2, 0.25) is 0 Å². The fourth-order valence-corrected chi connectivity index (χ4v) is 2.87. The van der Waals surface area contributed by atoms with Crippen LogP contribution in [-0.2, 0) is 16.1 Å². The van der Waals surface area contributed by atoms with Gasteiger partial charge >= 0.3 is 0 Å². The molecule has 25 heavy (non-hydrogen) atoms. The van der Waals surface area contributed by atoms with E-state index in [4.69, 9.17) is 4.74 Å². The molecule has 1 fully saturated rings. The van der Waals surface area contributed by atoms with Crippen molar-refractivity contribution >= 4 is 17.5 Å². The zero-order valence-electron chi connectivity index (χ0n) is 14.2. The van der Waals surface area contributed by atoms with E-state index in [0.717, 1.165) is 18.7 Å². The van der Waals surface area contributed by atoms with Gasteiger partial charge in [0.15, 0.2) is 6.61 Å². The van der Waals surface area contributed by atoms with Crippen LogP contribution in [0.4, 0.5) is 5.69 Å². The molecular formula is C18H22N4O3. The smallest absolute Gasteiger partial charge is 0.258 e. The maximum atomic E-state index is 12.0. The van der Waals surface area contributed by atoms with Gasteiger partial charge in [-0.15, -0.1) is 0 Å². The number of amides is 2. The van der Waals surface area contributed by atoms with Gasteiger partial charge in [-0.05, 0) is 37.6 Å². The van der Waals surface area contributed by atoms with Crippen LogP contribution < -0.4 is 15.0 Å². The predicted molar refractivity (Wildman–Crippen MR) is 93.4 cm³/mol. The van der Waals surface area contributed by atoms with Crippen LogP contribution in [0.25, 0.3) is 0 Å². The van der Waals surface area contributed by atoms with E-state index in [1.807, 2.05) is 29.8 Å². The van der Waals surface area contributed by atoms with E-state index >= 15 is 0 Å². The Labute approximate surface area is 146 Å². The molecule has 0 saturated carbocycles. The summed E-state index contributed by atoms with van der Waals surface area (Å²) in [6, 6.07) is 7.23. The second-order valence-corrected chi connectivity index (χ2v) is 6.16. The molecule has 2 aromatic rings. The SMILES string of the molecule is C[C@@H](Cn1ccnc1)NC(=O)COc1ccc(N2CCCC2=O)cc1. The van der Waals surface area contributed by atoms with Crippen molar-refractivity contribution in [2.24, 2.45) is 0 Å². The predicted octanol–water partition coefficient (Wildman–Crippen LogP) is 1.59. The number of carbonyl (C=O) groups excluding carboxylic acids is 2. The van der Waals surface area contributed by atoms with Crippen molar-refractivity contribution in [3.05, 3.63) is 43.0 Å². The monoisotopic (exact) mass is 342 g/mol. The molecule has 1 N–H and O–H groups in total. The third-order valence-corrected chi connectivity index (χ3v) is 4.04. The molecule has 0 spiro atoms. The quantitative estimate of drug-likeness (QED) is 0.829. The normalized spacial score (nSPS) is 15.2. The van der Waals surface area contributed by atoms with Crippen molar-refractivity contribution in [3.8, 4) is 5.75 Å². The summed E-state index contributed by atoms with van der Waals surface area (Å²) in [5.74, 6) is 0.583. The van der Waals surface area contributed by atoms with Gasteiger partial charge in [0.05, 0.1) is 6.33 Å². The number of nitrogens with one attached hydrogen (secondary N) is 1. The molecule has 1 aliphatic rings. The largest absolute Gasteiger partial charge is 0.484 e. The molecule has 2 amide bonds. The second kappa shape index (κ2) is 7.83. The van der Waals surface area contributed by atoms with Crippen molar-refractivity contribution in [2.45, 2.75) is 32.4 Å². The molecule has 7 nitrogen and oxygen atoms in total. The Bertz CT molecular complexity index is 712. The van der Waals surface area contributed by atoms with Gasteiger partial charge in [0.25, 0.3) is 5.91 Å². The molecule has 2 heterocycles. The molecule has 0 unspecified atom stereocenters. The average Bonchev–Trinajstić information content (AvgIpc) is 3.25. The number of anilines is 1. The van der Waals surface area contributed by atoms with E-state index in [9.17, 15) is 9.59 Å². The third-order valence-electron chi connectivity index (χ3n) is 4.04. The maximum absolute atomic E-state index is 12.0. The number of hydrogen-bond acceptors (Lipinski definition) is 4. The third kappa shape index (κ3) is 4.59. The number of benzene rings is 1. The highest BCUT2D eigenvalue weighted by molar-refractivity contribution is 5.95. The summed E-state index contributed by atoms with van der Waals surface area (Å²) in [7, 11) is 0. The zero-order chi connectivity index (χ0) is 17.6. The minimum atomic E-state index is -0.175. The standard InChI is InChI=1S/C18H22N4O3/c1-14(11-21-10-8-19-13-21)20-17(23)12-25-16-6-4-15(5-7-16)22-9-2-3-18(22)24/h4-8,10,13-14H,2-3,9,11-12H2,1H3,(H,20,23)/t14-/m0/s1. The van der Waals surface area contributed by atoms with Crippen molar-refractivity contribution in [1.82, 2.24) is 14.9 Å². The lowest BCUT2D eigenvalue weighted by molar-refractivity contribution is -0.123. The number of rotatable bonds is 7. The highest BCUT2D eigenvalue weighted by Crippen LogP contribution is 2.23. The second-order valence-electron chi connectivity index (χ2n) is 6.16. The summed E-state index contributed by atoms with van der Waals surface area (Å²) in [4.78, 5) is 29.4. The molecule has 1 saturated heterocycles. The zero-order valence-corrected chi connectivity index (χ0v) is 14.2. The van der Waals surface area contributed by atoms with Crippen LogP contribution in [-0.4, -0.2) is 40.6 Å². The molecular weight excluding hydrogens is 320 g/mol. The fraction of sp³-hybridized carbons (Fsp3) is 0.389. The Morgan fingerprint density at radius 1 is 1.36 bits per heavy atom. The number of ether oxygens (including phenoxy) is 1. The lowest BCUT2D eigenvalue weighted by Gasteiger charge is -2.16. The van der Waals surface area contributed by atoms with Crippen LogP contribution in [0.5, 0.6) is 5.75 Å². The van der Waals surface area contributed by atoms with Crippen LogP contribution in [0.15, 0.2) is 43.0 Å². The molecule has 3 rings (SSSR count). The number of hydrogen-bond donors (Lipinski definition) is 1. The molecule has 1 atom stereocenters. The lowest BCUT2D eigenvalue weighted by Crippen LogP contribution is -2.38. The van der Waals surface area contributed by atoms with E-state index < -0.39 is 0 Å². The summed E-state index contributed by atoms with van der Waals surface area (Å²) in [5, 5.41) is 2.88. The minimum Gasteiger partial charge on any atom is -0.484 e. The first-order valence-corrected chi connectivity index (χ1v) is 8.40. The maximum Gasteiger partial charge on any atom is 0.258 e. The molecule has 1 aliphatic heterocycles. The van der Waals surface area contributed by atoms with Gasteiger partial charge in [0.2, 0.25) is 5.91 Å². The number of nitrogens with zero attached hydrogens (tertiary/aromatic N) is 3. The fourth-order valence-electron chi connectivity index (χ4n) is 2.87. The molecule has 0 aliphatic carbocycles. The van der Waals surface area contributed by atoms with Crippen LogP contribution in [0.1, 0.15) is 19.8 Å². The van der Waals surface area contributed by atoms with Gasteiger partial charge in [-0.25, -0.2) is 4.98 Å². The van der Waals surface area contributed by atoms with Crippen LogP contribution in [0.3, 0.4) is 0 Å². The number of imidazole rings is 1. The Morgan fingerprint density at radius 2 is 2.16 bits per heavy atom. The van der Waals surface area contributed by atoms with E-state index in [-0.39, 0.29) is 24.5 Å². The first-order valence-electron chi connectivity index (χ1n) is 8.40. The summed E-state index contributed by atoms with van der Waals surface area (Å²) in [5.41, 5.74) is 0.869. The van der Waals surface area contributed by atoms with Crippen molar-refractivity contribution in [3.63, 3.8) is 0 Å². The van der Waals surface area contributed by atoms with Crippen molar-refractivity contribution < 1.29 is 14.3 Å². The van der Waals surface area contributed by atoms with E-state index in [1.165, 1.54) is 0 Å². The Hall–Kier alpha value is -2.83. The molecule has 132 valence electrons. The Balaban J connectivity index is 1.44. The van der Waals surface area contributed by atoms with Gasteiger partial charge in [0.1, 0.15) is 5.75 Å². The van der Waals surface area contributed by atoms with Crippen molar-refractivity contribution in [1.29, 1.82) is 0 Å². The van der Waals surface area contributed by atoms with Gasteiger partial charge < -0.3 is 19.5 Å². The number of aromatic nitrogens is 2. The Morgan fingerprint density at radius 3 is 2.80 bits per heavy atom. The Kier molecular flexibility index (Phi) is 5.33. The summed E-state index contributed by atoms with van der Waals surface area (Å²) >= 11 is 0. The first-order chi connectivity index (χ1) is 12.1. The average molecular weight is 342 g/mol. The van der Waals surface area contributed by atoms with E-state index in [2.05, 4.69) is 10.3 Å². The molecule has 0 radical (unpaired) electrons. The van der Waals surface area contributed by atoms with E-state index in [0.29, 0.717) is 18.7 Å². The molecule has 7 heteroatoms. The molecule has 1 aromatic heterocycles. The van der Waals surface area contributed by atoms with Gasteiger partial charge in [-0.3, -0.25) is 9.59 Å². The topological polar surface area (TPSA) is 76.5 Å². The molecule has 1 aromatic carbocycles. The van der Waals surface area contributed by atoms with Crippen molar-refractivity contribution in [2.75, 3.05) is 18.1 Å². The minimum absolute atomic E-state index is 0.0196. The highest BCUT2D eigenvalue weighted by Gasteiger charge is 2.21. The van der Waals surface area contributed by atoms with Gasteiger partial charge in [0, 0.05) is 43.6 Å². The first kappa shape index (κ1) is 17.0.